The molecule has 7 heteroatoms. The van der Waals surface area contributed by atoms with Gasteiger partial charge in [0.1, 0.15) is 18.8 Å². The molecule has 164 valence electrons. The van der Waals surface area contributed by atoms with Gasteiger partial charge in [-0.25, -0.2) is 0 Å². The van der Waals surface area contributed by atoms with E-state index in [-0.39, 0.29) is 17.0 Å². The highest BCUT2D eigenvalue weighted by Crippen LogP contribution is 2.62. The summed E-state index contributed by atoms with van der Waals surface area (Å²) in [6.07, 6.45) is 5.51. The van der Waals surface area contributed by atoms with Gasteiger partial charge >= 0.3 is 0 Å². The van der Waals surface area contributed by atoms with Gasteiger partial charge in [0, 0.05) is 42.6 Å². The van der Waals surface area contributed by atoms with Crippen molar-refractivity contribution in [3.63, 3.8) is 0 Å². The van der Waals surface area contributed by atoms with Gasteiger partial charge in [0.15, 0.2) is 11.5 Å². The van der Waals surface area contributed by atoms with Crippen LogP contribution in [0.25, 0.3) is 0 Å². The summed E-state index contributed by atoms with van der Waals surface area (Å²) in [7, 11) is 2.23. The lowest BCUT2D eigenvalue weighted by atomic mass is 9.53. The molecule has 30 heavy (non-hydrogen) atoms. The van der Waals surface area contributed by atoms with Crippen LogP contribution in [0.1, 0.15) is 17.5 Å². The van der Waals surface area contributed by atoms with Gasteiger partial charge in [-0.3, -0.25) is 4.90 Å². The second-order valence-electron chi connectivity index (χ2n) is 9.21. The molecule has 5 atom stereocenters. The van der Waals surface area contributed by atoms with Crippen LogP contribution in [0.2, 0.25) is 0 Å². The molecule has 6 rings (SSSR count). The van der Waals surface area contributed by atoms with Gasteiger partial charge in [-0.15, -0.1) is 0 Å². The first kappa shape index (κ1) is 20.3. The predicted molar refractivity (Wildman–Crippen MR) is 112 cm³/mol. The molecule has 3 aliphatic heterocycles. The lowest BCUT2D eigenvalue weighted by molar-refractivity contribution is -0.0454. The molecule has 0 radical (unpaired) electrons. The van der Waals surface area contributed by atoms with Gasteiger partial charge in [0.25, 0.3) is 0 Å². The fraction of sp³-hybridized carbons (Fsp3) is 0.652. The van der Waals surface area contributed by atoms with E-state index in [1.54, 1.807) is 0 Å². The topological polar surface area (TPSA) is 85.9 Å². The third kappa shape index (κ3) is 2.76. The molecule has 2 saturated heterocycles. The summed E-state index contributed by atoms with van der Waals surface area (Å²) >= 11 is 0. The van der Waals surface area contributed by atoms with Gasteiger partial charge in [0.05, 0.1) is 13.2 Å². The Kier molecular flexibility index (Phi) is 5.07. The highest BCUT2D eigenvalue weighted by Gasteiger charge is 2.64. The van der Waals surface area contributed by atoms with Crippen molar-refractivity contribution < 1.29 is 24.8 Å². The smallest absolute Gasteiger partial charge is 0.165 e. The molecule has 1 aromatic carbocycles. The second-order valence-corrected chi connectivity index (χ2v) is 9.21. The van der Waals surface area contributed by atoms with Crippen LogP contribution in [-0.2, 0) is 16.6 Å². The van der Waals surface area contributed by atoms with Crippen LogP contribution in [0.15, 0.2) is 24.3 Å². The van der Waals surface area contributed by atoms with Crippen molar-refractivity contribution in [2.45, 2.75) is 36.5 Å². The van der Waals surface area contributed by atoms with Crippen molar-refractivity contribution >= 4 is 0 Å². The van der Waals surface area contributed by atoms with E-state index in [4.69, 9.17) is 14.2 Å². The number of hydrogen-bond acceptors (Lipinski definition) is 6. The maximum absolute atomic E-state index is 10.8. The molecular weight excluding hydrogens is 384 g/mol. The normalized spacial score (nSPS) is 36.6. The van der Waals surface area contributed by atoms with Crippen molar-refractivity contribution in [2.75, 3.05) is 53.0 Å². The maximum Gasteiger partial charge on any atom is 0.165 e. The molecule has 1 spiro atoms. The molecule has 2 bridgehead atoms. The van der Waals surface area contributed by atoms with E-state index in [1.807, 2.05) is 6.08 Å². The number of hydrogen-bond donors (Lipinski definition) is 1. The van der Waals surface area contributed by atoms with Crippen molar-refractivity contribution in [2.24, 2.45) is 5.92 Å². The van der Waals surface area contributed by atoms with Crippen LogP contribution in [0.5, 0.6) is 11.5 Å². The van der Waals surface area contributed by atoms with E-state index >= 15 is 0 Å². The molecule has 2 fully saturated rings. The number of aliphatic hydroxyl groups excluding tert-OH is 1. The third-order valence-corrected chi connectivity index (χ3v) is 7.90. The van der Waals surface area contributed by atoms with Crippen molar-refractivity contribution in [1.29, 1.82) is 0 Å². The van der Waals surface area contributed by atoms with Crippen LogP contribution in [0.4, 0.5) is 0 Å². The number of benzene rings is 1. The average Bonchev–Trinajstić information content (AvgIpc) is 3.09. The number of rotatable bonds is 4. The molecule has 3 N–H and O–H groups in total. The minimum Gasteiger partial charge on any atom is -0.488 e. The first-order chi connectivity index (χ1) is 14.2. The number of nitrogens with zero attached hydrogens (tertiary/aromatic N) is 2. The van der Waals surface area contributed by atoms with Gasteiger partial charge in [-0.05, 0) is 38.1 Å². The first-order valence-electron chi connectivity index (χ1n) is 11.0. The number of likely N-dealkylation sites (N-methyl/N-ethyl adjacent to an activating group) is 1. The molecule has 5 aliphatic rings. The zero-order valence-electron chi connectivity index (χ0n) is 17.5. The number of piperidine rings is 1. The minimum absolute atomic E-state index is 0. The SMILES string of the molecule is CN1CC[C@]23c4c5ccc(OCCN6CCOCC6)c4O[C@H]2[C@@H](O)C=C[C@H]3[C@H]1C5.O. The first-order valence-corrected chi connectivity index (χ1v) is 11.0. The Morgan fingerprint density at radius 1 is 1.20 bits per heavy atom. The van der Waals surface area contributed by atoms with Crippen LogP contribution < -0.4 is 9.47 Å². The minimum atomic E-state index is -0.560. The second kappa shape index (κ2) is 7.50. The van der Waals surface area contributed by atoms with E-state index < -0.39 is 6.10 Å². The molecule has 0 unspecified atom stereocenters. The quantitative estimate of drug-likeness (QED) is 0.715. The van der Waals surface area contributed by atoms with Crippen molar-refractivity contribution in [3.8, 4) is 11.5 Å². The lowest BCUT2D eigenvalue weighted by Crippen LogP contribution is -2.64. The Morgan fingerprint density at radius 2 is 2.03 bits per heavy atom. The Labute approximate surface area is 177 Å². The van der Waals surface area contributed by atoms with Gasteiger partial charge in [-0.2, -0.15) is 0 Å². The molecule has 7 nitrogen and oxygen atoms in total. The number of aliphatic hydroxyl groups is 1. The molecule has 0 saturated carbocycles. The molecule has 2 aliphatic carbocycles. The van der Waals surface area contributed by atoms with Crippen LogP contribution in [0, 0.1) is 5.92 Å². The molecule has 0 aromatic heterocycles. The van der Waals surface area contributed by atoms with Crippen LogP contribution in [-0.4, -0.2) is 91.7 Å². The van der Waals surface area contributed by atoms with Gasteiger partial charge < -0.3 is 29.7 Å². The molecule has 3 heterocycles. The fourth-order valence-corrected chi connectivity index (χ4v) is 6.45. The highest BCUT2D eigenvalue weighted by atomic mass is 16.5. The fourth-order valence-electron chi connectivity index (χ4n) is 6.45. The van der Waals surface area contributed by atoms with E-state index in [0.717, 1.165) is 63.7 Å². The maximum atomic E-state index is 10.8. The molecular formula is C23H32N2O5. The van der Waals surface area contributed by atoms with E-state index in [0.29, 0.717) is 18.6 Å². The van der Waals surface area contributed by atoms with Crippen LogP contribution in [0.3, 0.4) is 0 Å². The summed E-state index contributed by atoms with van der Waals surface area (Å²) in [4.78, 5) is 4.87. The zero-order valence-corrected chi connectivity index (χ0v) is 17.5. The van der Waals surface area contributed by atoms with E-state index in [1.165, 1.54) is 11.1 Å². The standard InChI is InChI=1S/C23H30N2O4.H2O/c1-24-7-6-23-16-3-4-18(26)22(23)29-21-19(5-2-15(20(21)23)14-17(16)24)28-13-10-25-8-11-27-12-9-25;/h2-5,16-18,22,26H,6-14H2,1H3;1H2/t16-,17+,18-,22-,23-;/m0./s1. The number of morpholine rings is 1. The monoisotopic (exact) mass is 416 g/mol. The Morgan fingerprint density at radius 3 is 2.87 bits per heavy atom. The summed E-state index contributed by atoms with van der Waals surface area (Å²) in [5, 5.41) is 10.8. The summed E-state index contributed by atoms with van der Waals surface area (Å²) in [5.41, 5.74) is 2.58. The highest BCUT2D eigenvalue weighted by molar-refractivity contribution is 5.62. The summed E-state index contributed by atoms with van der Waals surface area (Å²) in [6.45, 7) is 6.13. The van der Waals surface area contributed by atoms with Crippen LogP contribution >= 0.6 is 0 Å². The molecule has 1 aromatic rings. The lowest BCUT2D eigenvalue weighted by Gasteiger charge is -2.56. The van der Waals surface area contributed by atoms with E-state index in [2.05, 4.69) is 35.1 Å². The Hall–Kier alpha value is -1.64. The van der Waals surface area contributed by atoms with Crippen molar-refractivity contribution in [1.82, 2.24) is 9.80 Å². The molecule has 0 amide bonds. The van der Waals surface area contributed by atoms with Crippen molar-refractivity contribution in [3.05, 3.63) is 35.4 Å². The Balaban J connectivity index is 0.00000193. The Bertz CT molecular complexity index is 839. The number of ether oxygens (including phenoxy) is 3. The summed E-state index contributed by atoms with van der Waals surface area (Å²) < 4.78 is 18.2. The third-order valence-electron chi connectivity index (χ3n) is 7.90. The largest absolute Gasteiger partial charge is 0.488 e. The van der Waals surface area contributed by atoms with Gasteiger partial charge in [0.2, 0.25) is 0 Å². The number of likely N-dealkylation sites (tertiary alicyclic amines) is 1. The van der Waals surface area contributed by atoms with E-state index in [9.17, 15) is 5.11 Å². The summed E-state index contributed by atoms with van der Waals surface area (Å²) in [5.74, 6) is 2.13. The predicted octanol–water partition coefficient (Wildman–Crippen LogP) is 0.379. The summed E-state index contributed by atoms with van der Waals surface area (Å²) in [6, 6.07) is 4.80. The van der Waals surface area contributed by atoms with Gasteiger partial charge in [-0.1, -0.05) is 18.2 Å². The average molecular weight is 417 g/mol. The zero-order chi connectivity index (χ0) is 19.6.